The highest BCUT2D eigenvalue weighted by atomic mass is 79.9. The van der Waals surface area contributed by atoms with Crippen LogP contribution in [0.3, 0.4) is 0 Å². The number of rotatable bonds is 7. The summed E-state index contributed by atoms with van der Waals surface area (Å²) in [5, 5.41) is 13.0. The number of halogens is 2. The van der Waals surface area contributed by atoms with E-state index in [1.54, 1.807) is 25.3 Å². The molecule has 0 radical (unpaired) electrons. The first-order valence-corrected chi connectivity index (χ1v) is 10.6. The summed E-state index contributed by atoms with van der Waals surface area (Å²) in [5.74, 6) is -2.09. The van der Waals surface area contributed by atoms with Gasteiger partial charge >= 0.3 is 5.97 Å². The Labute approximate surface area is 192 Å². The Morgan fingerprint density at radius 2 is 1.94 bits per heavy atom. The maximum absolute atomic E-state index is 14.1. The monoisotopic (exact) mass is 507 g/mol. The molecular weight excluding hydrogens is 485 g/mol. The van der Waals surface area contributed by atoms with E-state index < -0.39 is 29.8 Å². The van der Waals surface area contributed by atoms with E-state index in [-0.39, 0.29) is 23.3 Å². The first-order chi connectivity index (χ1) is 15.1. The van der Waals surface area contributed by atoms with Crippen LogP contribution in [0.5, 0.6) is 11.5 Å². The highest BCUT2D eigenvalue weighted by Crippen LogP contribution is 2.31. The summed E-state index contributed by atoms with van der Waals surface area (Å²) in [6, 6.07) is 4.75. The summed E-state index contributed by atoms with van der Waals surface area (Å²) >= 11 is 3.44. The molecule has 2 heterocycles. The molecule has 3 rings (SSSR count). The third kappa shape index (κ3) is 4.55. The van der Waals surface area contributed by atoms with E-state index in [0.717, 1.165) is 4.47 Å². The normalized spacial score (nSPS) is 13.9. The molecule has 8 nitrogen and oxygen atoms in total. The first-order valence-electron chi connectivity index (χ1n) is 9.83. The summed E-state index contributed by atoms with van der Waals surface area (Å²) in [4.78, 5) is 28.8. The van der Waals surface area contributed by atoms with Crippen molar-refractivity contribution in [3.8, 4) is 11.5 Å². The molecule has 1 aromatic carbocycles. The zero-order chi connectivity index (χ0) is 23.6. The zero-order valence-electron chi connectivity index (χ0n) is 17.9. The van der Waals surface area contributed by atoms with Crippen molar-refractivity contribution < 1.29 is 28.6 Å². The molecular formula is C22H23BrFN3O5. The number of hydrogen-bond acceptors (Lipinski definition) is 6. The number of benzene rings is 1. The van der Waals surface area contributed by atoms with Crippen molar-refractivity contribution in [1.29, 1.82) is 0 Å². The fraction of sp³-hybridized carbons (Fsp3) is 0.318. The molecule has 0 spiro atoms. The molecule has 0 aliphatic carbocycles. The maximum Gasteiger partial charge on any atom is 0.328 e. The second-order valence-corrected chi connectivity index (χ2v) is 8.16. The topological polar surface area (TPSA) is 103 Å². The Bertz CT molecular complexity index is 1170. The van der Waals surface area contributed by atoms with Gasteiger partial charge in [0.05, 0.1) is 18.7 Å². The van der Waals surface area contributed by atoms with E-state index in [1.165, 1.54) is 32.4 Å². The van der Waals surface area contributed by atoms with Gasteiger partial charge < -0.3 is 24.5 Å². The number of ether oxygens (including phenoxy) is 2. The predicted molar refractivity (Wildman–Crippen MR) is 119 cm³/mol. The van der Waals surface area contributed by atoms with E-state index in [0.29, 0.717) is 10.9 Å². The van der Waals surface area contributed by atoms with Gasteiger partial charge in [0.15, 0.2) is 17.2 Å². The Balaban J connectivity index is 1.69. The lowest BCUT2D eigenvalue weighted by Gasteiger charge is -2.25. The molecule has 0 aliphatic heterocycles. The van der Waals surface area contributed by atoms with Crippen molar-refractivity contribution in [3.63, 3.8) is 0 Å². The van der Waals surface area contributed by atoms with Crippen LogP contribution in [-0.2, 0) is 9.53 Å². The predicted octanol–water partition coefficient (Wildman–Crippen LogP) is 3.96. The number of methoxy groups -OCH3 is 1. The highest BCUT2D eigenvalue weighted by Gasteiger charge is 2.26. The third-order valence-electron chi connectivity index (χ3n) is 5.22. The fourth-order valence-corrected chi connectivity index (χ4v) is 3.80. The average Bonchev–Trinajstić information content (AvgIpc) is 3.22. The largest absolute Gasteiger partial charge is 0.503 e. The summed E-state index contributed by atoms with van der Waals surface area (Å²) < 4.78 is 27.1. The standard InChI is InChI=1S/C22H23BrFN3O5/c1-11(26-21(29)18-20(28)17(31-4)7-9-25-18)22(30)32-13(3)12(2)27-10-8-14-16(24)6-5-15(23)19(14)27/h5-13,28H,1-4H3,(H,26,29). The Morgan fingerprint density at radius 3 is 2.62 bits per heavy atom. The minimum Gasteiger partial charge on any atom is -0.503 e. The second-order valence-electron chi connectivity index (χ2n) is 7.30. The molecule has 0 bridgehead atoms. The minimum atomic E-state index is -1.00. The number of carbonyl (C=O) groups excluding carboxylic acids is 2. The van der Waals surface area contributed by atoms with Gasteiger partial charge in [-0.3, -0.25) is 4.79 Å². The number of nitrogens with zero attached hydrogens (tertiary/aromatic N) is 2. The van der Waals surface area contributed by atoms with Gasteiger partial charge in [0.1, 0.15) is 18.0 Å². The lowest BCUT2D eigenvalue weighted by molar-refractivity contribution is -0.151. The second kappa shape index (κ2) is 9.56. The Kier molecular flexibility index (Phi) is 7.02. The van der Waals surface area contributed by atoms with Gasteiger partial charge in [0, 0.05) is 28.3 Å². The van der Waals surface area contributed by atoms with Crippen molar-refractivity contribution in [2.24, 2.45) is 0 Å². The van der Waals surface area contributed by atoms with Crippen LogP contribution in [0.15, 0.2) is 41.1 Å². The lowest BCUT2D eigenvalue weighted by atomic mass is 10.2. The van der Waals surface area contributed by atoms with Gasteiger partial charge in [-0.2, -0.15) is 0 Å². The highest BCUT2D eigenvalue weighted by molar-refractivity contribution is 9.10. The molecule has 0 fully saturated rings. The van der Waals surface area contributed by atoms with E-state index in [1.807, 2.05) is 11.5 Å². The number of carbonyl (C=O) groups is 2. The quantitative estimate of drug-likeness (QED) is 0.469. The van der Waals surface area contributed by atoms with E-state index in [9.17, 15) is 19.1 Å². The van der Waals surface area contributed by atoms with Crippen molar-refractivity contribution >= 4 is 38.7 Å². The van der Waals surface area contributed by atoms with Crippen LogP contribution >= 0.6 is 15.9 Å². The van der Waals surface area contributed by atoms with Crippen LogP contribution in [0, 0.1) is 5.82 Å². The number of aromatic nitrogens is 2. The van der Waals surface area contributed by atoms with Crippen LogP contribution in [0.1, 0.15) is 37.3 Å². The number of aromatic hydroxyl groups is 1. The molecule has 1 amide bonds. The zero-order valence-corrected chi connectivity index (χ0v) is 19.5. The summed E-state index contributed by atoms with van der Waals surface area (Å²) in [6.45, 7) is 5.02. The van der Waals surface area contributed by atoms with Gasteiger partial charge in [-0.25, -0.2) is 14.2 Å². The molecule has 170 valence electrons. The van der Waals surface area contributed by atoms with Crippen LogP contribution < -0.4 is 10.1 Å². The van der Waals surface area contributed by atoms with Crippen molar-refractivity contribution in [3.05, 3.63) is 52.6 Å². The smallest absolute Gasteiger partial charge is 0.328 e. The van der Waals surface area contributed by atoms with Crippen LogP contribution in [-0.4, -0.2) is 45.8 Å². The van der Waals surface area contributed by atoms with E-state index >= 15 is 0 Å². The summed E-state index contributed by atoms with van der Waals surface area (Å²) in [6.07, 6.45) is 2.45. The van der Waals surface area contributed by atoms with Gasteiger partial charge in [0.25, 0.3) is 5.91 Å². The minimum absolute atomic E-state index is 0.0874. The first kappa shape index (κ1) is 23.5. The summed E-state index contributed by atoms with van der Waals surface area (Å²) in [5.41, 5.74) is 0.387. The van der Waals surface area contributed by atoms with Crippen molar-refractivity contribution in [1.82, 2.24) is 14.9 Å². The third-order valence-corrected chi connectivity index (χ3v) is 5.86. The van der Waals surface area contributed by atoms with Gasteiger partial charge in [-0.05, 0) is 54.9 Å². The number of amides is 1. The fourth-order valence-electron chi connectivity index (χ4n) is 3.25. The van der Waals surface area contributed by atoms with Crippen LogP contribution in [0.25, 0.3) is 10.9 Å². The van der Waals surface area contributed by atoms with E-state index in [2.05, 4.69) is 26.2 Å². The molecule has 0 saturated heterocycles. The molecule has 2 N–H and O–H groups in total. The molecule has 10 heteroatoms. The van der Waals surface area contributed by atoms with Crippen molar-refractivity contribution in [2.75, 3.05) is 7.11 Å². The molecule has 3 unspecified atom stereocenters. The molecule has 2 aromatic heterocycles. The van der Waals surface area contributed by atoms with Crippen molar-refractivity contribution in [2.45, 2.75) is 39.0 Å². The SMILES string of the molecule is COc1ccnc(C(=O)NC(C)C(=O)OC(C)C(C)n2ccc3c(F)ccc(Br)c32)c1O. The lowest BCUT2D eigenvalue weighted by Crippen LogP contribution is -2.41. The number of esters is 1. The molecule has 3 atom stereocenters. The van der Waals surface area contributed by atoms with Crippen LogP contribution in [0.4, 0.5) is 4.39 Å². The van der Waals surface area contributed by atoms with Gasteiger partial charge in [0.2, 0.25) is 0 Å². The van der Waals surface area contributed by atoms with Crippen LogP contribution in [0.2, 0.25) is 0 Å². The Hall–Kier alpha value is -3.14. The van der Waals surface area contributed by atoms with Gasteiger partial charge in [-0.1, -0.05) is 0 Å². The Morgan fingerprint density at radius 1 is 1.22 bits per heavy atom. The van der Waals surface area contributed by atoms with Gasteiger partial charge in [-0.15, -0.1) is 0 Å². The molecule has 3 aromatic rings. The molecule has 32 heavy (non-hydrogen) atoms. The average molecular weight is 508 g/mol. The number of pyridine rings is 1. The molecule has 0 saturated carbocycles. The van der Waals surface area contributed by atoms with E-state index in [4.69, 9.17) is 9.47 Å². The molecule has 0 aliphatic rings. The maximum atomic E-state index is 14.1. The number of nitrogens with one attached hydrogen (secondary N) is 1. The summed E-state index contributed by atoms with van der Waals surface area (Å²) in [7, 11) is 1.35. The number of hydrogen-bond donors (Lipinski definition) is 2. The number of fused-ring (bicyclic) bond motifs is 1.